The van der Waals surface area contributed by atoms with Gasteiger partial charge in [-0.1, -0.05) is 18.2 Å². The van der Waals surface area contributed by atoms with E-state index in [0.717, 1.165) is 11.1 Å². The van der Waals surface area contributed by atoms with Gasteiger partial charge in [0, 0.05) is 24.4 Å². The molecule has 148 valence electrons. The van der Waals surface area contributed by atoms with Crippen LogP contribution in [0.25, 0.3) is 10.8 Å². The first-order valence-electron chi connectivity index (χ1n) is 9.10. The maximum atomic E-state index is 12.5. The third kappa shape index (κ3) is 3.69. The number of Topliss-reactive ketones (excluding diaryl/α,β-unsaturated/α-hetero) is 1. The molecule has 0 amide bonds. The van der Waals surface area contributed by atoms with E-state index in [1.165, 1.54) is 7.05 Å². The highest BCUT2D eigenvalue weighted by molar-refractivity contribution is 6.04. The number of carbonyl (C=O) groups excluding carboxylic acids is 2. The minimum atomic E-state index is -0.778. The molecule has 0 atom stereocenters. The van der Waals surface area contributed by atoms with Crippen molar-refractivity contribution in [3.8, 4) is 11.5 Å². The number of benzene rings is 2. The van der Waals surface area contributed by atoms with Gasteiger partial charge in [0.2, 0.25) is 0 Å². The molecule has 0 unspecified atom stereocenters. The Bertz CT molecular complexity index is 1170. The van der Waals surface area contributed by atoms with Crippen LogP contribution in [0.2, 0.25) is 0 Å². The highest BCUT2D eigenvalue weighted by atomic mass is 16.5. The quantitative estimate of drug-likeness (QED) is 0.494. The van der Waals surface area contributed by atoms with E-state index in [9.17, 15) is 14.4 Å². The van der Waals surface area contributed by atoms with Crippen molar-refractivity contribution in [2.24, 2.45) is 7.05 Å². The van der Waals surface area contributed by atoms with Gasteiger partial charge in [-0.2, -0.15) is 5.10 Å². The molecule has 0 fully saturated rings. The fraction of sp³-hybridized carbons (Fsp3) is 0.238. The van der Waals surface area contributed by atoms with Gasteiger partial charge in [-0.25, -0.2) is 9.48 Å². The van der Waals surface area contributed by atoms with Gasteiger partial charge in [0.15, 0.2) is 29.6 Å². The maximum Gasteiger partial charge on any atom is 0.359 e. The van der Waals surface area contributed by atoms with Gasteiger partial charge in [-0.05, 0) is 24.3 Å². The van der Waals surface area contributed by atoms with Crippen molar-refractivity contribution in [1.82, 2.24) is 9.78 Å². The molecule has 3 aromatic rings. The Morgan fingerprint density at radius 1 is 1.07 bits per heavy atom. The molecule has 0 bridgehead atoms. The molecule has 2 heterocycles. The molecule has 8 heteroatoms. The van der Waals surface area contributed by atoms with Crippen molar-refractivity contribution in [3.05, 3.63) is 64.1 Å². The van der Waals surface area contributed by atoms with E-state index >= 15 is 0 Å². The molecule has 1 aliphatic rings. The average molecular weight is 394 g/mol. The number of aryl methyl sites for hydroxylation is 1. The highest BCUT2D eigenvalue weighted by Crippen LogP contribution is 2.30. The van der Waals surface area contributed by atoms with E-state index in [-0.39, 0.29) is 17.0 Å². The predicted octanol–water partition coefficient (Wildman–Crippen LogP) is 2.13. The zero-order valence-electron chi connectivity index (χ0n) is 15.7. The Kier molecular flexibility index (Phi) is 4.99. The number of hydrogen-bond acceptors (Lipinski definition) is 7. The van der Waals surface area contributed by atoms with Crippen molar-refractivity contribution in [2.75, 3.05) is 19.8 Å². The second-order valence-electron chi connectivity index (χ2n) is 6.53. The molecule has 4 rings (SSSR count). The molecule has 0 saturated carbocycles. The standard InChI is InChI=1S/C21H18N2O6/c1-23-20(25)15-6-3-2-5-14(15)19(22-23)21(26)29-12-16(24)13-7-8-17-18(11-13)28-10-4-9-27-17/h2-3,5-8,11H,4,9-10,12H2,1H3. The molecule has 0 spiro atoms. The number of ether oxygens (including phenoxy) is 3. The normalized spacial score (nSPS) is 13.0. The summed E-state index contributed by atoms with van der Waals surface area (Å²) in [6, 6.07) is 11.5. The monoisotopic (exact) mass is 394 g/mol. The number of carbonyl (C=O) groups is 2. The first kappa shape index (κ1) is 18.7. The lowest BCUT2D eigenvalue weighted by Crippen LogP contribution is -2.24. The zero-order chi connectivity index (χ0) is 20.4. The summed E-state index contributed by atoms with van der Waals surface area (Å²) in [5.74, 6) is -0.0927. The van der Waals surface area contributed by atoms with Gasteiger partial charge in [0.1, 0.15) is 0 Å². The Labute approximate surface area is 165 Å². The number of aromatic nitrogens is 2. The number of ketones is 1. The summed E-state index contributed by atoms with van der Waals surface area (Å²) in [5, 5.41) is 4.73. The molecule has 8 nitrogen and oxygen atoms in total. The molecule has 0 saturated heterocycles. The second kappa shape index (κ2) is 7.75. The lowest BCUT2D eigenvalue weighted by molar-refractivity contribution is 0.0468. The van der Waals surface area contributed by atoms with Crippen molar-refractivity contribution in [3.63, 3.8) is 0 Å². The smallest absolute Gasteiger partial charge is 0.359 e. The summed E-state index contributed by atoms with van der Waals surface area (Å²) in [6.07, 6.45) is 0.760. The molecule has 1 aliphatic heterocycles. The lowest BCUT2D eigenvalue weighted by Gasteiger charge is -2.10. The zero-order valence-corrected chi connectivity index (χ0v) is 15.7. The van der Waals surface area contributed by atoms with Crippen LogP contribution >= 0.6 is 0 Å². The van der Waals surface area contributed by atoms with Crippen molar-refractivity contribution < 1.29 is 23.8 Å². The minimum absolute atomic E-state index is 0.0193. The predicted molar refractivity (Wildman–Crippen MR) is 104 cm³/mol. The van der Waals surface area contributed by atoms with Gasteiger partial charge >= 0.3 is 5.97 Å². The molecule has 0 radical (unpaired) electrons. The third-order valence-electron chi connectivity index (χ3n) is 4.55. The van der Waals surface area contributed by atoms with Gasteiger partial charge in [0.25, 0.3) is 5.56 Å². The first-order valence-corrected chi connectivity index (χ1v) is 9.10. The Hall–Kier alpha value is -3.68. The summed E-state index contributed by atoms with van der Waals surface area (Å²) in [5.41, 5.74) is 0.00918. The van der Waals surface area contributed by atoms with Gasteiger partial charge in [-0.15, -0.1) is 0 Å². The Balaban J connectivity index is 1.53. The van der Waals surface area contributed by atoms with Crippen LogP contribution in [0.4, 0.5) is 0 Å². The van der Waals surface area contributed by atoms with Crippen molar-refractivity contribution in [1.29, 1.82) is 0 Å². The SMILES string of the molecule is Cn1nc(C(=O)OCC(=O)c2ccc3c(c2)OCCCO3)c2ccccc2c1=O. The van der Waals surface area contributed by atoms with E-state index in [4.69, 9.17) is 14.2 Å². The number of esters is 1. The summed E-state index contributed by atoms with van der Waals surface area (Å²) in [7, 11) is 1.45. The second-order valence-corrected chi connectivity index (χ2v) is 6.53. The number of rotatable bonds is 4. The Morgan fingerprint density at radius 3 is 2.59 bits per heavy atom. The third-order valence-corrected chi connectivity index (χ3v) is 4.55. The van der Waals surface area contributed by atoms with Crippen LogP contribution < -0.4 is 15.0 Å². The Morgan fingerprint density at radius 2 is 1.79 bits per heavy atom. The number of hydrogen-bond donors (Lipinski definition) is 0. The van der Waals surface area contributed by atoms with Crippen LogP contribution in [-0.2, 0) is 11.8 Å². The van der Waals surface area contributed by atoms with E-state index in [2.05, 4.69) is 5.10 Å². The average Bonchev–Trinajstić information content (AvgIpc) is 2.99. The fourth-order valence-corrected chi connectivity index (χ4v) is 3.07. The van der Waals surface area contributed by atoms with Crippen LogP contribution in [0.5, 0.6) is 11.5 Å². The molecule has 2 aromatic carbocycles. The number of nitrogens with zero attached hydrogens (tertiary/aromatic N) is 2. The molecule has 1 aromatic heterocycles. The van der Waals surface area contributed by atoms with E-state index in [1.54, 1.807) is 42.5 Å². The fourth-order valence-electron chi connectivity index (χ4n) is 3.07. The van der Waals surface area contributed by atoms with Crippen LogP contribution in [0.3, 0.4) is 0 Å². The van der Waals surface area contributed by atoms with Crippen LogP contribution in [-0.4, -0.2) is 41.4 Å². The summed E-state index contributed by atoms with van der Waals surface area (Å²) < 4.78 is 17.4. The molecular formula is C21H18N2O6. The molecule has 29 heavy (non-hydrogen) atoms. The summed E-state index contributed by atoms with van der Waals surface area (Å²) in [6.45, 7) is 0.598. The molecule has 0 aliphatic carbocycles. The molecular weight excluding hydrogens is 376 g/mol. The highest BCUT2D eigenvalue weighted by Gasteiger charge is 2.20. The van der Waals surface area contributed by atoms with Crippen molar-refractivity contribution >= 4 is 22.5 Å². The first-order chi connectivity index (χ1) is 14.0. The topological polar surface area (TPSA) is 96.7 Å². The molecule has 0 N–H and O–H groups in total. The van der Waals surface area contributed by atoms with E-state index in [1.807, 2.05) is 0 Å². The lowest BCUT2D eigenvalue weighted by atomic mass is 10.1. The summed E-state index contributed by atoms with van der Waals surface area (Å²) >= 11 is 0. The number of fused-ring (bicyclic) bond motifs is 2. The summed E-state index contributed by atoms with van der Waals surface area (Å²) in [4.78, 5) is 37.2. The van der Waals surface area contributed by atoms with Gasteiger partial charge < -0.3 is 14.2 Å². The maximum absolute atomic E-state index is 12.5. The van der Waals surface area contributed by atoms with Gasteiger partial charge in [-0.3, -0.25) is 9.59 Å². The van der Waals surface area contributed by atoms with Gasteiger partial charge in [0.05, 0.1) is 18.6 Å². The van der Waals surface area contributed by atoms with Crippen molar-refractivity contribution in [2.45, 2.75) is 6.42 Å². The minimum Gasteiger partial charge on any atom is -0.490 e. The van der Waals surface area contributed by atoms with Crippen LogP contribution in [0.1, 0.15) is 27.3 Å². The van der Waals surface area contributed by atoms with E-state index < -0.39 is 12.6 Å². The van der Waals surface area contributed by atoms with E-state index in [0.29, 0.717) is 41.0 Å². The largest absolute Gasteiger partial charge is 0.490 e. The van der Waals surface area contributed by atoms with Crippen LogP contribution in [0.15, 0.2) is 47.3 Å². The van der Waals surface area contributed by atoms with Crippen LogP contribution in [0, 0.1) is 0 Å².